The van der Waals surface area contributed by atoms with Crippen LogP contribution in [-0.4, -0.2) is 58.7 Å². The highest BCUT2D eigenvalue weighted by Crippen LogP contribution is 2.27. The van der Waals surface area contributed by atoms with E-state index in [1.165, 1.54) is 4.31 Å². The Kier molecular flexibility index (Phi) is 8.18. The number of amides is 1. The first kappa shape index (κ1) is 21.2. The summed E-state index contributed by atoms with van der Waals surface area (Å²) in [5, 5.41) is 2.73. The van der Waals surface area contributed by atoms with E-state index in [9.17, 15) is 13.2 Å². The third-order valence-corrected chi connectivity index (χ3v) is 4.84. The number of benzene rings is 1. The Balaban J connectivity index is 2.75. The van der Waals surface area contributed by atoms with Crippen LogP contribution in [0.15, 0.2) is 18.2 Å². The molecule has 1 aromatic carbocycles. The summed E-state index contributed by atoms with van der Waals surface area (Å²) in [6.07, 6.45) is 1.57. The van der Waals surface area contributed by atoms with Gasteiger partial charge >= 0.3 is 0 Å². The van der Waals surface area contributed by atoms with E-state index >= 15 is 0 Å². The highest BCUT2D eigenvalue weighted by molar-refractivity contribution is 7.88. The molecule has 0 radical (unpaired) electrons. The number of rotatable bonds is 10. The van der Waals surface area contributed by atoms with Gasteiger partial charge in [0, 0.05) is 13.1 Å². The fraction of sp³-hybridized carbons (Fsp3) is 0.588. The van der Waals surface area contributed by atoms with E-state index in [1.54, 1.807) is 26.4 Å². The molecule has 0 aliphatic carbocycles. The summed E-state index contributed by atoms with van der Waals surface area (Å²) < 4.78 is 35.5. The van der Waals surface area contributed by atoms with E-state index in [1.807, 2.05) is 19.9 Å². The van der Waals surface area contributed by atoms with Gasteiger partial charge in [0.25, 0.3) is 0 Å². The van der Waals surface area contributed by atoms with E-state index < -0.39 is 10.0 Å². The van der Waals surface area contributed by atoms with Gasteiger partial charge in [-0.1, -0.05) is 19.9 Å². The molecule has 0 aliphatic heterocycles. The Morgan fingerprint density at radius 3 is 2.36 bits per heavy atom. The van der Waals surface area contributed by atoms with Crippen molar-refractivity contribution in [1.29, 1.82) is 0 Å². The van der Waals surface area contributed by atoms with E-state index in [2.05, 4.69) is 5.32 Å². The van der Waals surface area contributed by atoms with Crippen molar-refractivity contribution >= 4 is 15.9 Å². The summed E-state index contributed by atoms with van der Waals surface area (Å²) in [6.45, 7) is 4.51. The van der Waals surface area contributed by atoms with Crippen LogP contribution < -0.4 is 14.8 Å². The molecule has 0 bridgehead atoms. The molecule has 0 atom stereocenters. The number of nitrogens with one attached hydrogen (secondary N) is 1. The zero-order valence-electron chi connectivity index (χ0n) is 15.5. The number of ether oxygens (including phenoxy) is 2. The second-order valence-electron chi connectivity index (χ2n) is 6.23. The monoisotopic (exact) mass is 372 g/mol. The van der Waals surface area contributed by atoms with Gasteiger partial charge in [-0.25, -0.2) is 8.42 Å². The molecule has 0 saturated carbocycles. The van der Waals surface area contributed by atoms with Crippen molar-refractivity contribution in [3.05, 3.63) is 23.8 Å². The minimum absolute atomic E-state index is 0.182. The summed E-state index contributed by atoms with van der Waals surface area (Å²) >= 11 is 0. The number of hydrogen-bond acceptors (Lipinski definition) is 5. The molecule has 0 spiro atoms. The van der Waals surface area contributed by atoms with Gasteiger partial charge in [0.05, 0.1) is 27.0 Å². The maximum atomic E-state index is 12.0. The number of carbonyl (C=O) groups excluding carboxylic acids is 1. The zero-order valence-corrected chi connectivity index (χ0v) is 16.4. The molecule has 0 saturated heterocycles. The lowest BCUT2D eigenvalue weighted by atomic mass is 10.1. The SMILES string of the molecule is COc1ccc(CCN(CC(=O)NCC(C)C)S(C)(=O)=O)cc1OC. The average Bonchev–Trinajstić information content (AvgIpc) is 2.55. The second kappa shape index (κ2) is 9.62. The summed E-state index contributed by atoms with van der Waals surface area (Å²) in [4.78, 5) is 11.9. The van der Waals surface area contributed by atoms with Gasteiger partial charge in [0.1, 0.15) is 0 Å². The van der Waals surface area contributed by atoms with E-state index in [-0.39, 0.29) is 19.0 Å². The van der Waals surface area contributed by atoms with Crippen LogP contribution in [0.1, 0.15) is 19.4 Å². The number of carbonyl (C=O) groups is 1. The van der Waals surface area contributed by atoms with Crippen molar-refractivity contribution in [1.82, 2.24) is 9.62 Å². The number of sulfonamides is 1. The van der Waals surface area contributed by atoms with Crippen LogP contribution in [0.25, 0.3) is 0 Å². The van der Waals surface area contributed by atoms with Gasteiger partial charge < -0.3 is 14.8 Å². The molecule has 1 rings (SSSR count). The average molecular weight is 372 g/mol. The van der Waals surface area contributed by atoms with E-state index in [4.69, 9.17) is 9.47 Å². The third-order valence-electron chi connectivity index (χ3n) is 3.59. The van der Waals surface area contributed by atoms with Gasteiger partial charge in [-0.2, -0.15) is 4.31 Å². The van der Waals surface area contributed by atoms with E-state index in [0.717, 1.165) is 11.8 Å². The fourth-order valence-corrected chi connectivity index (χ4v) is 2.96. The minimum Gasteiger partial charge on any atom is -0.493 e. The number of methoxy groups -OCH3 is 2. The first-order chi connectivity index (χ1) is 11.7. The lowest BCUT2D eigenvalue weighted by Crippen LogP contribution is -2.42. The zero-order chi connectivity index (χ0) is 19.0. The molecule has 8 heteroatoms. The maximum absolute atomic E-state index is 12.0. The second-order valence-corrected chi connectivity index (χ2v) is 8.22. The largest absolute Gasteiger partial charge is 0.493 e. The Labute approximate surface area is 150 Å². The quantitative estimate of drug-likeness (QED) is 0.669. The van der Waals surface area contributed by atoms with Crippen LogP contribution in [0, 0.1) is 5.92 Å². The van der Waals surface area contributed by atoms with Crippen molar-refractivity contribution in [3.8, 4) is 11.5 Å². The van der Waals surface area contributed by atoms with E-state index in [0.29, 0.717) is 30.4 Å². The Hall–Kier alpha value is -1.80. The van der Waals surface area contributed by atoms with Crippen LogP contribution in [0.2, 0.25) is 0 Å². The van der Waals surface area contributed by atoms with Gasteiger partial charge in [-0.15, -0.1) is 0 Å². The normalized spacial score (nSPS) is 11.6. The Bertz CT molecular complexity index is 674. The van der Waals surface area contributed by atoms with Gasteiger partial charge in [-0.05, 0) is 30.0 Å². The fourth-order valence-electron chi connectivity index (χ4n) is 2.19. The summed E-state index contributed by atoms with van der Waals surface area (Å²) in [5.41, 5.74) is 0.897. The standard InChI is InChI=1S/C17H28N2O5S/c1-13(2)11-18-17(20)12-19(25(5,21)22)9-8-14-6-7-15(23-3)16(10-14)24-4/h6-7,10,13H,8-9,11-12H2,1-5H3,(H,18,20). The smallest absolute Gasteiger partial charge is 0.235 e. The van der Waals surface area contributed by atoms with Crippen molar-refractivity contribution in [3.63, 3.8) is 0 Å². The van der Waals surface area contributed by atoms with Crippen LogP contribution in [0.3, 0.4) is 0 Å². The molecule has 1 aromatic rings. The lowest BCUT2D eigenvalue weighted by Gasteiger charge is -2.20. The summed E-state index contributed by atoms with van der Waals surface area (Å²) in [6, 6.07) is 5.42. The first-order valence-corrected chi connectivity index (χ1v) is 9.95. The summed E-state index contributed by atoms with van der Waals surface area (Å²) in [5.74, 6) is 1.20. The van der Waals surface area contributed by atoms with Gasteiger partial charge in [-0.3, -0.25) is 4.79 Å². The molecule has 142 valence electrons. The predicted octanol–water partition coefficient (Wildman–Crippen LogP) is 1.28. The maximum Gasteiger partial charge on any atom is 0.235 e. The molecule has 25 heavy (non-hydrogen) atoms. The Morgan fingerprint density at radius 2 is 1.84 bits per heavy atom. The van der Waals surface area contributed by atoms with Crippen molar-refractivity contribution in [2.45, 2.75) is 20.3 Å². The molecular formula is C17H28N2O5S. The molecule has 0 aromatic heterocycles. The van der Waals surface area contributed by atoms with Crippen LogP contribution in [0.4, 0.5) is 0 Å². The van der Waals surface area contributed by atoms with Crippen molar-refractivity contribution < 1.29 is 22.7 Å². The molecule has 7 nitrogen and oxygen atoms in total. The molecule has 1 N–H and O–H groups in total. The highest BCUT2D eigenvalue weighted by atomic mass is 32.2. The third kappa shape index (κ3) is 7.31. The van der Waals surface area contributed by atoms with Gasteiger partial charge in [0.2, 0.25) is 15.9 Å². The van der Waals surface area contributed by atoms with Crippen LogP contribution in [0.5, 0.6) is 11.5 Å². The Morgan fingerprint density at radius 1 is 1.20 bits per heavy atom. The minimum atomic E-state index is -3.48. The molecule has 0 aliphatic rings. The molecule has 0 unspecified atom stereocenters. The molecule has 0 heterocycles. The molecule has 1 amide bonds. The van der Waals surface area contributed by atoms with Crippen molar-refractivity contribution in [2.75, 3.05) is 40.1 Å². The lowest BCUT2D eigenvalue weighted by molar-refractivity contribution is -0.121. The number of hydrogen-bond donors (Lipinski definition) is 1. The first-order valence-electron chi connectivity index (χ1n) is 8.10. The summed E-state index contributed by atoms with van der Waals surface area (Å²) in [7, 11) is -0.381. The topological polar surface area (TPSA) is 84.9 Å². The van der Waals surface area contributed by atoms with Crippen molar-refractivity contribution in [2.24, 2.45) is 5.92 Å². The highest BCUT2D eigenvalue weighted by Gasteiger charge is 2.20. The molecule has 0 fully saturated rings. The van der Waals surface area contributed by atoms with Crippen LogP contribution >= 0.6 is 0 Å². The van der Waals surface area contributed by atoms with Gasteiger partial charge in [0.15, 0.2) is 11.5 Å². The predicted molar refractivity (Wildman–Crippen MR) is 97.5 cm³/mol. The molecular weight excluding hydrogens is 344 g/mol. The van der Waals surface area contributed by atoms with Crippen LogP contribution in [-0.2, 0) is 21.2 Å². The number of nitrogens with zero attached hydrogens (tertiary/aromatic N) is 1.